The minimum absolute atomic E-state index is 0.0576. The normalized spacial score (nSPS) is 11.8. The molecule has 0 saturated heterocycles. The van der Waals surface area contributed by atoms with E-state index in [1.165, 1.54) is 4.90 Å². The lowest BCUT2D eigenvalue weighted by atomic mass is 10.0. The standard InChI is InChI=1S/C29H31BrCl2N2O3/c1-18(2)33-29(36)26(15-21-9-6-5-7-10-21)34(16-23-24(31)11-8-12-25(23)32)27(35)17-37-22-13-19(3)28(30)20(4)14-22/h5-14,18,26H,15-17H2,1-4H3,(H,33,36)/t26-/m1/s1. The molecule has 37 heavy (non-hydrogen) atoms. The van der Waals surface area contributed by atoms with Crippen LogP contribution in [0.25, 0.3) is 0 Å². The van der Waals surface area contributed by atoms with E-state index in [2.05, 4.69) is 21.2 Å². The van der Waals surface area contributed by atoms with Crippen LogP contribution in [0.2, 0.25) is 10.0 Å². The molecule has 0 aliphatic rings. The van der Waals surface area contributed by atoms with Crippen LogP contribution in [0.3, 0.4) is 0 Å². The molecule has 1 atom stereocenters. The molecular formula is C29H31BrCl2N2O3. The van der Waals surface area contributed by atoms with Gasteiger partial charge in [0.1, 0.15) is 11.8 Å². The van der Waals surface area contributed by atoms with Gasteiger partial charge in [-0.05, 0) is 68.7 Å². The van der Waals surface area contributed by atoms with Gasteiger partial charge in [-0.3, -0.25) is 9.59 Å². The molecule has 0 spiro atoms. The summed E-state index contributed by atoms with van der Waals surface area (Å²) >= 11 is 16.5. The molecule has 2 amide bonds. The van der Waals surface area contributed by atoms with E-state index in [9.17, 15) is 9.59 Å². The number of nitrogens with zero attached hydrogens (tertiary/aromatic N) is 1. The Kier molecular flexibility index (Phi) is 10.4. The van der Waals surface area contributed by atoms with Gasteiger partial charge in [-0.2, -0.15) is 0 Å². The highest BCUT2D eigenvalue weighted by atomic mass is 79.9. The molecule has 0 saturated carbocycles. The second kappa shape index (κ2) is 13.3. The Bertz CT molecular complexity index is 1210. The molecule has 0 aliphatic heterocycles. The second-order valence-corrected chi connectivity index (χ2v) is 10.9. The van der Waals surface area contributed by atoms with Crippen molar-refractivity contribution in [3.8, 4) is 5.75 Å². The molecule has 5 nitrogen and oxygen atoms in total. The molecule has 0 unspecified atom stereocenters. The lowest BCUT2D eigenvalue weighted by Gasteiger charge is -2.32. The highest BCUT2D eigenvalue weighted by Crippen LogP contribution is 2.28. The molecule has 0 radical (unpaired) electrons. The maximum Gasteiger partial charge on any atom is 0.261 e. The summed E-state index contributed by atoms with van der Waals surface area (Å²) in [5, 5.41) is 3.81. The van der Waals surface area contributed by atoms with E-state index in [1.807, 2.05) is 70.2 Å². The first-order valence-electron chi connectivity index (χ1n) is 12.0. The third kappa shape index (κ3) is 7.97. The lowest BCUT2D eigenvalue weighted by molar-refractivity contribution is -0.143. The van der Waals surface area contributed by atoms with Crippen LogP contribution in [0.5, 0.6) is 5.75 Å². The molecular weight excluding hydrogens is 575 g/mol. The molecule has 8 heteroatoms. The topological polar surface area (TPSA) is 58.6 Å². The summed E-state index contributed by atoms with van der Waals surface area (Å²) in [4.78, 5) is 28.7. The van der Waals surface area contributed by atoms with Gasteiger partial charge in [0.15, 0.2) is 6.61 Å². The molecule has 0 aliphatic carbocycles. The van der Waals surface area contributed by atoms with Crippen molar-refractivity contribution in [2.24, 2.45) is 0 Å². The van der Waals surface area contributed by atoms with Crippen molar-refractivity contribution in [3.05, 3.63) is 97.4 Å². The lowest BCUT2D eigenvalue weighted by Crippen LogP contribution is -2.52. The summed E-state index contributed by atoms with van der Waals surface area (Å²) in [6, 6.07) is 17.6. The molecule has 1 N–H and O–H groups in total. The number of hydrogen-bond acceptors (Lipinski definition) is 3. The van der Waals surface area contributed by atoms with Crippen LogP contribution in [0.15, 0.2) is 65.1 Å². The van der Waals surface area contributed by atoms with Crippen molar-refractivity contribution < 1.29 is 14.3 Å². The Labute approximate surface area is 237 Å². The summed E-state index contributed by atoms with van der Waals surface area (Å²) < 4.78 is 6.91. The summed E-state index contributed by atoms with van der Waals surface area (Å²) in [7, 11) is 0. The first-order chi connectivity index (χ1) is 17.6. The van der Waals surface area contributed by atoms with Gasteiger partial charge in [-0.25, -0.2) is 0 Å². The Morgan fingerprint density at radius 1 is 0.973 bits per heavy atom. The molecule has 0 heterocycles. The van der Waals surface area contributed by atoms with Crippen LogP contribution in [0, 0.1) is 13.8 Å². The monoisotopic (exact) mass is 604 g/mol. The van der Waals surface area contributed by atoms with Gasteiger partial charge in [0.2, 0.25) is 5.91 Å². The van der Waals surface area contributed by atoms with E-state index in [-0.39, 0.29) is 31.0 Å². The number of rotatable bonds is 10. The summed E-state index contributed by atoms with van der Waals surface area (Å²) in [5.41, 5.74) is 3.50. The van der Waals surface area contributed by atoms with Crippen molar-refractivity contribution in [1.29, 1.82) is 0 Å². The van der Waals surface area contributed by atoms with Crippen molar-refractivity contribution in [2.75, 3.05) is 6.61 Å². The van der Waals surface area contributed by atoms with Crippen molar-refractivity contribution in [1.82, 2.24) is 10.2 Å². The smallest absolute Gasteiger partial charge is 0.261 e. The maximum absolute atomic E-state index is 13.7. The summed E-state index contributed by atoms with van der Waals surface area (Å²) in [6.07, 6.45) is 0.323. The molecule has 3 rings (SSSR count). The van der Waals surface area contributed by atoms with Crippen LogP contribution in [0.4, 0.5) is 0 Å². The van der Waals surface area contributed by atoms with E-state index in [0.717, 1.165) is 21.2 Å². The van der Waals surface area contributed by atoms with Gasteiger partial charge >= 0.3 is 0 Å². The quantitative estimate of drug-likeness (QED) is 0.273. The number of carbonyl (C=O) groups is 2. The first kappa shape index (κ1) is 29.0. The number of aryl methyl sites for hydroxylation is 2. The Hall–Kier alpha value is -2.54. The first-order valence-corrected chi connectivity index (χ1v) is 13.6. The van der Waals surface area contributed by atoms with E-state index in [1.54, 1.807) is 18.2 Å². The zero-order chi connectivity index (χ0) is 27.1. The average Bonchev–Trinajstić information content (AvgIpc) is 2.84. The van der Waals surface area contributed by atoms with E-state index in [4.69, 9.17) is 27.9 Å². The second-order valence-electron chi connectivity index (χ2n) is 9.25. The predicted octanol–water partition coefficient (Wildman–Crippen LogP) is 6.92. The SMILES string of the molecule is Cc1cc(OCC(=O)N(Cc2c(Cl)cccc2Cl)[C@H](Cc2ccccc2)C(=O)NC(C)C)cc(C)c1Br. The average molecular weight is 606 g/mol. The van der Waals surface area contributed by atoms with E-state index in [0.29, 0.717) is 27.8 Å². The van der Waals surface area contributed by atoms with Gasteiger partial charge in [-0.1, -0.05) is 75.5 Å². The number of ether oxygens (including phenoxy) is 1. The van der Waals surface area contributed by atoms with Crippen molar-refractivity contribution >= 4 is 50.9 Å². The maximum atomic E-state index is 13.7. The van der Waals surface area contributed by atoms with Crippen LogP contribution in [0.1, 0.15) is 36.1 Å². The Balaban J connectivity index is 1.97. The van der Waals surface area contributed by atoms with Crippen LogP contribution in [-0.4, -0.2) is 35.4 Å². The highest BCUT2D eigenvalue weighted by molar-refractivity contribution is 9.10. The van der Waals surface area contributed by atoms with Crippen LogP contribution >= 0.6 is 39.1 Å². The van der Waals surface area contributed by atoms with E-state index >= 15 is 0 Å². The van der Waals surface area contributed by atoms with Gasteiger partial charge in [0.25, 0.3) is 5.91 Å². The van der Waals surface area contributed by atoms with Crippen LogP contribution in [-0.2, 0) is 22.6 Å². The minimum atomic E-state index is -0.804. The minimum Gasteiger partial charge on any atom is -0.484 e. The molecule has 196 valence electrons. The predicted molar refractivity (Wildman–Crippen MR) is 153 cm³/mol. The third-order valence-corrected chi connectivity index (χ3v) is 7.82. The summed E-state index contributed by atoms with van der Waals surface area (Å²) in [6.45, 7) is 7.50. The van der Waals surface area contributed by atoms with Crippen LogP contribution < -0.4 is 10.1 Å². The fourth-order valence-corrected chi connectivity index (χ4v) is 4.75. The van der Waals surface area contributed by atoms with Gasteiger partial charge in [0.05, 0.1) is 0 Å². The summed E-state index contributed by atoms with van der Waals surface area (Å²) in [5.74, 6) is -0.0340. The van der Waals surface area contributed by atoms with Gasteiger partial charge in [0, 0.05) is 39.1 Å². The highest BCUT2D eigenvalue weighted by Gasteiger charge is 2.32. The third-order valence-electron chi connectivity index (χ3n) is 5.86. The fraction of sp³-hybridized carbons (Fsp3) is 0.310. The molecule has 0 bridgehead atoms. The largest absolute Gasteiger partial charge is 0.484 e. The zero-order valence-corrected chi connectivity index (χ0v) is 24.5. The number of amides is 2. The number of hydrogen-bond donors (Lipinski definition) is 1. The number of halogens is 3. The molecule has 3 aromatic rings. The Morgan fingerprint density at radius 2 is 1.57 bits per heavy atom. The Morgan fingerprint density at radius 3 is 2.14 bits per heavy atom. The molecule has 3 aromatic carbocycles. The zero-order valence-electron chi connectivity index (χ0n) is 21.4. The molecule has 0 aromatic heterocycles. The fourth-order valence-electron chi connectivity index (χ4n) is 4.01. The number of nitrogens with one attached hydrogen (secondary N) is 1. The number of benzene rings is 3. The van der Waals surface area contributed by atoms with Gasteiger partial charge < -0.3 is 15.0 Å². The van der Waals surface area contributed by atoms with Crippen molar-refractivity contribution in [3.63, 3.8) is 0 Å². The van der Waals surface area contributed by atoms with Gasteiger partial charge in [-0.15, -0.1) is 0 Å². The van der Waals surface area contributed by atoms with E-state index < -0.39 is 6.04 Å². The number of carbonyl (C=O) groups excluding carboxylic acids is 2. The molecule has 0 fully saturated rings. The van der Waals surface area contributed by atoms with Crippen molar-refractivity contribution in [2.45, 2.75) is 52.7 Å².